The molecule has 88 valence electrons. The fourth-order valence-electron chi connectivity index (χ4n) is 2.75. The fourth-order valence-corrected chi connectivity index (χ4v) is 2.75. The molecule has 2 unspecified atom stereocenters. The minimum absolute atomic E-state index is 0.887. The number of rotatable bonds is 4. The molecule has 1 heterocycles. The van der Waals surface area contributed by atoms with Gasteiger partial charge in [0, 0.05) is 32.2 Å². The van der Waals surface area contributed by atoms with Crippen LogP contribution >= 0.6 is 0 Å². The summed E-state index contributed by atoms with van der Waals surface area (Å²) in [6.07, 6.45) is 2.86. The van der Waals surface area contributed by atoms with Gasteiger partial charge in [0.05, 0.1) is 0 Å². The maximum Gasteiger partial charge on any atom is 0.0137 e. The summed E-state index contributed by atoms with van der Waals surface area (Å²) in [6.45, 7) is 9.62. The molecule has 0 aromatic heterocycles. The molecule has 1 saturated heterocycles. The second kappa shape index (κ2) is 5.28. The van der Waals surface area contributed by atoms with Gasteiger partial charge in [-0.05, 0) is 38.9 Å². The number of nitrogens with zero attached hydrogens (tertiary/aromatic N) is 2. The topological polar surface area (TPSA) is 18.5 Å². The van der Waals surface area contributed by atoms with Crippen LogP contribution in [0.25, 0.3) is 0 Å². The van der Waals surface area contributed by atoms with E-state index < -0.39 is 0 Å². The molecule has 0 aromatic rings. The first-order valence-corrected chi connectivity index (χ1v) is 6.44. The molecule has 2 atom stereocenters. The highest BCUT2D eigenvalue weighted by molar-refractivity contribution is 4.91. The van der Waals surface area contributed by atoms with E-state index in [-0.39, 0.29) is 0 Å². The van der Waals surface area contributed by atoms with E-state index >= 15 is 0 Å². The summed E-state index contributed by atoms with van der Waals surface area (Å²) in [7, 11) is 2.23. The summed E-state index contributed by atoms with van der Waals surface area (Å²) < 4.78 is 0. The standard InChI is InChI=1S/C12H25N3/c1-3-13-10-11-4-5-12(11)15-8-6-14(2)7-9-15/h11-13H,3-10H2,1-2H3. The second-order valence-corrected chi connectivity index (χ2v) is 5.05. The van der Waals surface area contributed by atoms with Crippen LogP contribution in [0.15, 0.2) is 0 Å². The first-order valence-electron chi connectivity index (χ1n) is 6.44. The predicted molar refractivity (Wildman–Crippen MR) is 64.1 cm³/mol. The second-order valence-electron chi connectivity index (χ2n) is 5.05. The molecule has 0 radical (unpaired) electrons. The average molecular weight is 211 g/mol. The monoisotopic (exact) mass is 211 g/mol. The van der Waals surface area contributed by atoms with Gasteiger partial charge in [0.25, 0.3) is 0 Å². The Hall–Kier alpha value is -0.120. The fraction of sp³-hybridized carbons (Fsp3) is 1.00. The highest BCUT2D eigenvalue weighted by Crippen LogP contribution is 2.32. The number of hydrogen-bond donors (Lipinski definition) is 1. The molecular weight excluding hydrogens is 186 g/mol. The first kappa shape index (κ1) is 11.4. The quantitative estimate of drug-likeness (QED) is 0.735. The van der Waals surface area contributed by atoms with Crippen molar-refractivity contribution >= 4 is 0 Å². The lowest BCUT2D eigenvalue weighted by Gasteiger charge is -2.47. The van der Waals surface area contributed by atoms with Crippen molar-refractivity contribution in [3.8, 4) is 0 Å². The van der Waals surface area contributed by atoms with E-state index in [2.05, 4.69) is 29.1 Å². The van der Waals surface area contributed by atoms with E-state index in [1.807, 2.05) is 0 Å². The van der Waals surface area contributed by atoms with Gasteiger partial charge < -0.3 is 10.2 Å². The average Bonchev–Trinajstić information content (AvgIpc) is 2.20. The van der Waals surface area contributed by atoms with Gasteiger partial charge in [-0.1, -0.05) is 6.92 Å². The molecule has 0 aromatic carbocycles. The first-order chi connectivity index (χ1) is 7.31. The van der Waals surface area contributed by atoms with Crippen LogP contribution in [-0.2, 0) is 0 Å². The van der Waals surface area contributed by atoms with Gasteiger partial charge in [0.1, 0.15) is 0 Å². The largest absolute Gasteiger partial charge is 0.317 e. The van der Waals surface area contributed by atoms with Crippen LogP contribution in [-0.4, -0.2) is 62.2 Å². The molecule has 1 aliphatic heterocycles. The third-order valence-electron chi connectivity index (χ3n) is 4.04. The van der Waals surface area contributed by atoms with Crippen molar-refractivity contribution in [3.05, 3.63) is 0 Å². The van der Waals surface area contributed by atoms with Crippen LogP contribution < -0.4 is 5.32 Å². The van der Waals surface area contributed by atoms with Crippen molar-refractivity contribution < 1.29 is 0 Å². The van der Waals surface area contributed by atoms with Crippen LogP contribution in [0, 0.1) is 5.92 Å². The van der Waals surface area contributed by atoms with E-state index in [0.29, 0.717) is 0 Å². The minimum atomic E-state index is 0.887. The van der Waals surface area contributed by atoms with Crippen molar-refractivity contribution in [1.82, 2.24) is 15.1 Å². The zero-order valence-electron chi connectivity index (χ0n) is 10.2. The van der Waals surface area contributed by atoms with Gasteiger partial charge in [-0.25, -0.2) is 0 Å². The van der Waals surface area contributed by atoms with Gasteiger partial charge >= 0.3 is 0 Å². The molecule has 1 saturated carbocycles. The maximum absolute atomic E-state index is 3.49. The van der Waals surface area contributed by atoms with Gasteiger partial charge in [0.15, 0.2) is 0 Å². The number of piperazine rings is 1. The van der Waals surface area contributed by atoms with Gasteiger partial charge in [0.2, 0.25) is 0 Å². The van der Waals surface area contributed by atoms with E-state index in [4.69, 9.17) is 0 Å². The maximum atomic E-state index is 3.49. The molecule has 0 bridgehead atoms. The van der Waals surface area contributed by atoms with Crippen LogP contribution in [0.3, 0.4) is 0 Å². The van der Waals surface area contributed by atoms with Crippen molar-refractivity contribution in [2.45, 2.75) is 25.8 Å². The van der Waals surface area contributed by atoms with Gasteiger partial charge in [-0.15, -0.1) is 0 Å². The Morgan fingerprint density at radius 1 is 1.13 bits per heavy atom. The number of hydrogen-bond acceptors (Lipinski definition) is 3. The minimum Gasteiger partial charge on any atom is -0.317 e. The molecule has 3 heteroatoms. The molecule has 15 heavy (non-hydrogen) atoms. The molecule has 2 aliphatic rings. The molecule has 3 nitrogen and oxygen atoms in total. The Kier molecular flexibility index (Phi) is 4.00. The Balaban J connectivity index is 1.74. The summed E-state index contributed by atoms with van der Waals surface area (Å²) in [5.41, 5.74) is 0. The summed E-state index contributed by atoms with van der Waals surface area (Å²) in [5, 5.41) is 3.49. The third-order valence-corrected chi connectivity index (χ3v) is 4.04. The van der Waals surface area contributed by atoms with E-state index in [1.165, 1.54) is 45.6 Å². The third kappa shape index (κ3) is 2.71. The van der Waals surface area contributed by atoms with Crippen molar-refractivity contribution in [2.75, 3.05) is 46.3 Å². The smallest absolute Gasteiger partial charge is 0.0137 e. The van der Waals surface area contributed by atoms with Crippen LogP contribution in [0.5, 0.6) is 0 Å². The zero-order valence-corrected chi connectivity index (χ0v) is 10.2. The lowest BCUT2D eigenvalue weighted by molar-refractivity contribution is 0.0275. The summed E-state index contributed by atoms with van der Waals surface area (Å²) in [4.78, 5) is 5.15. The zero-order chi connectivity index (χ0) is 10.7. The van der Waals surface area contributed by atoms with E-state index in [0.717, 1.165) is 18.5 Å². The van der Waals surface area contributed by atoms with Crippen molar-refractivity contribution in [1.29, 1.82) is 0 Å². The van der Waals surface area contributed by atoms with Crippen LogP contribution in [0.1, 0.15) is 19.8 Å². The SMILES string of the molecule is CCNCC1CCC1N1CCN(C)CC1. The Morgan fingerprint density at radius 2 is 1.87 bits per heavy atom. The Labute approximate surface area is 93.8 Å². The number of nitrogens with one attached hydrogen (secondary N) is 1. The summed E-state index contributed by atoms with van der Waals surface area (Å²) in [6, 6.07) is 0.887. The Morgan fingerprint density at radius 3 is 2.40 bits per heavy atom. The van der Waals surface area contributed by atoms with Crippen molar-refractivity contribution in [2.24, 2.45) is 5.92 Å². The molecule has 0 spiro atoms. The summed E-state index contributed by atoms with van der Waals surface area (Å²) >= 11 is 0. The molecule has 2 rings (SSSR count). The Bertz CT molecular complexity index is 187. The van der Waals surface area contributed by atoms with Gasteiger partial charge in [-0.3, -0.25) is 4.90 Å². The molecule has 0 amide bonds. The normalized spacial score (nSPS) is 34.0. The number of likely N-dealkylation sites (N-methyl/N-ethyl adjacent to an activating group) is 1. The molecule has 2 fully saturated rings. The van der Waals surface area contributed by atoms with Crippen LogP contribution in [0.2, 0.25) is 0 Å². The predicted octanol–water partition coefficient (Wildman–Crippen LogP) is 0.622. The van der Waals surface area contributed by atoms with Crippen molar-refractivity contribution in [3.63, 3.8) is 0 Å². The molecular formula is C12H25N3. The highest BCUT2D eigenvalue weighted by Gasteiger charge is 2.35. The van der Waals surface area contributed by atoms with Gasteiger partial charge in [-0.2, -0.15) is 0 Å². The lowest BCUT2D eigenvalue weighted by atomic mass is 9.78. The summed E-state index contributed by atoms with van der Waals surface area (Å²) in [5.74, 6) is 0.924. The lowest BCUT2D eigenvalue weighted by Crippen LogP contribution is -2.56. The van der Waals surface area contributed by atoms with Crippen LogP contribution in [0.4, 0.5) is 0 Å². The molecule has 1 N–H and O–H groups in total. The highest BCUT2D eigenvalue weighted by atomic mass is 15.3. The molecule has 1 aliphatic carbocycles. The van der Waals surface area contributed by atoms with E-state index in [1.54, 1.807) is 0 Å². The van der Waals surface area contributed by atoms with E-state index in [9.17, 15) is 0 Å².